The Balaban J connectivity index is 1.000. The Morgan fingerprint density at radius 2 is 0.621 bits per heavy atom. The third-order valence-electron chi connectivity index (χ3n) is 8.96. The summed E-state index contributed by atoms with van der Waals surface area (Å²) < 4.78 is 135. The van der Waals surface area contributed by atoms with E-state index in [9.17, 15) is 40.4 Å². The van der Waals surface area contributed by atoms with Crippen LogP contribution < -0.4 is 18.9 Å². The van der Waals surface area contributed by atoms with Crippen LogP contribution in [0, 0.1) is 71.7 Å². The summed E-state index contributed by atoms with van der Waals surface area (Å²) in [5.74, 6) is -14.0. The highest BCUT2D eigenvalue weighted by Crippen LogP contribution is 2.38. The predicted molar refractivity (Wildman–Crippen MR) is 197 cm³/mol. The molecule has 290 valence electrons. The quantitative estimate of drug-likeness (QED) is 0.102. The Hall–Kier alpha value is -7.33. The second kappa shape index (κ2) is 16.0. The van der Waals surface area contributed by atoms with E-state index in [4.69, 9.17) is 18.9 Å². The lowest BCUT2D eigenvalue weighted by Gasteiger charge is -2.13. The molecule has 58 heavy (non-hydrogen) atoms. The lowest BCUT2D eigenvalue weighted by atomic mass is 10.1. The van der Waals surface area contributed by atoms with Gasteiger partial charge >= 0.3 is 0 Å². The van der Waals surface area contributed by atoms with Crippen molar-refractivity contribution >= 4 is 0 Å². The molecule has 0 aromatic heterocycles. The second-order valence-electron chi connectivity index (χ2n) is 12.7. The zero-order valence-corrected chi connectivity index (χ0v) is 30.1. The number of nitriles is 1. The second-order valence-corrected chi connectivity index (χ2v) is 12.7. The summed E-state index contributed by atoms with van der Waals surface area (Å²) in [5, 5.41) is 10.0. The normalized spacial score (nSPS) is 10.9. The van der Waals surface area contributed by atoms with E-state index in [1.165, 1.54) is 24.3 Å². The highest BCUT2D eigenvalue weighted by atomic mass is 19.2. The highest BCUT2D eigenvalue weighted by molar-refractivity contribution is 5.67. The first-order valence-electron chi connectivity index (χ1n) is 17.1. The van der Waals surface area contributed by atoms with Crippen LogP contribution in [0.2, 0.25) is 0 Å². The summed E-state index contributed by atoms with van der Waals surface area (Å²) in [6.07, 6.45) is 0. The fourth-order valence-corrected chi connectivity index (χ4v) is 5.76. The smallest absolute Gasteiger partial charge is 0.204 e. The van der Waals surface area contributed by atoms with E-state index in [1.54, 1.807) is 91.0 Å². The Labute approximate surface area is 325 Å². The maximum atomic E-state index is 14.3. The summed E-state index contributed by atoms with van der Waals surface area (Å²) in [4.78, 5) is 0. The maximum absolute atomic E-state index is 14.3. The van der Waals surface area contributed by atoms with Crippen LogP contribution in [-0.2, 0) is 0 Å². The lowest BCUT2D eigenvalue weighted by Crippen LogP contribution is -2.03. The molecule has 0 atom stereocenters. The van der Waals surface area contributed by atoms with Crippen molar-refractivity contribution in [1.82, 2.24) is 0 Å². The number of nitrogens with zero attached hydrogens (tertiary/aromatic N) is 1. The van der Waals surface area contributed by atoms with Gasteiger partial charge in [-0.2, -0.15) is 22.8 Å². The number of rotatable bonds is 10. The van der Waals surface area contributed by atoms with Crippen molar-refractivity contribution in [3.05, 3.63) is 178 Å². The predicted octanol–water partition coefficient (Wildman–Crippen LogP) is 13.8. The molecule has 0 N–H and O–H groups in total. The molecule has 0 aliphatic heterocycles. The molecule has 0 unspecified atom stereocenters. The van der Waals surface area contributed by atoms with E-state index in [-0.39, 0.29) is 28.6 Å². The van der Waals surface area contributed by atoms with E-state index >= 15 is 0 Å². The van der Waals surface area contributed by atoms with Crippen molar-refractivity contribution < 1.29 is 54.1 Å². The minimum atomic E-state index is -1.64. The summed E-state index contributed by atoms with van der Waals surface area (Å²) in [6.45, 7) is 1.83. The Morgan fingerprint density at radius 3 is 0.879 bits per heavy atom. The molecule has 0 spiro atoms. The van der Waals surface area contributed by atoms with Gasteiger partial charge in [0.1, 0.15) is 46.1 Å². The van der Waals surface area contributed by atoms with E-state index in [2.05, 4.69) is 6.07 Å². The molecular formula is C45H25F8NO4. The Bertz CT molecular complexity index is 2480. The first-order chi connectivity index (χ1) is 27.8. The van der Waals surface area contributed by atoms with Gasteiger partial charge in [0, 0.05) is 11.1 Å². The van der Waals surface area contributed by atoms with Crippen LogP contribution in [0.5, 0.6) is 46.0 Å². The summed E-state index contributed by atoms with van der Waals surface area (Å²) in [7, 11) is 0. The zero-order valence-electron chi connectivity index (χ0n) is 30.1. The van der Waals surface area contributed by atoms with Gasteiger partial charge in [-0.3, -0.25) is 0 Å². The third kappa shape index (κ3) is 7.60. The van der Waals surface area contributed by atoms with E-state index < -0.39 is 69.2 Å². The topological polar surface area (TPSA) is 60.7 Å². The van der Waals surface area contributed by atoms with Gasteiger partial charge in [0.15, 0.2) is 23.3 Å². The van der Waals surface area contributed by atoms with Gasteiger partial charge in [-0.15, -0.1) is 0 Å². The van der Waals surface area contributed by atoms with Gasteiger partial charge in [0.2, 0.25) is 34.8 Å². The number of benzene rings is 7. The monoisotopic (exact) mass is 795 g/mol. The van der Waals surface area contributed by atoms with Crippen molar-refractivity contribution in [3.8, 4) is 74.3 Å². The van der Waals surface area contributed by atoms with E-state index in [1.807, 2.05) is 0 Å². The van der Waals surface area contributed by atoms with Crippen molar-refractivity contribution in [2.45, 2.75) is 13.8 Å². The molecule has 0 heterocycles. The van der Waals surface area contributed by atoms with Crippen LogP contribution in [-0.4, -0.2) is 0 Å². The van der Waals surface area contributed by atoms with Gasteiger partial charge in [0.05, 0.1) is 0 Å². The van der Waals surface area contributed by atoms with Gasteiger partial charge in [-0.25, -0.2) is 17.6 Å². The van der Waals surface area contributed by atoms with Gasteiger partial charge < -0.3 is 18.9 Å². The standard InChI is InChI=1S/C45H25F8NO4/c1-23-36(46)40(50)44(41(51)37(23)47)57-31-18-10-27(11-19-31)25-6-14-29(15-7-25)55-34-4-3-5-35(33(34)22-54)56-30-16-8-26(9-17-30)28-12-20-32(21-13-28)58-45-42(52)38(48)24(2)39(49)43(45)53/h3-21H,1-2H3. The number of halogens is 8. The molecule has 0 radical (unpaired) electrons. The summed E-state index contributed by atoms with van der Waals surface area (Å²) >= 11 is 0. The van der Waals surface area contributed by atoms with Crippen LogP contribution in [0.25, 0.3) is 22.3 Å². The van der Waals surface area contributed by atoms with Crippen LogP contribution in [0.1, 0.15) is 16.7 Å². The van der Waals surface area contributed by atoms with Gasteiger partial charge in [-0.1, -0.05) is 54.6 Å². The van der Waals surface area contributed by atoms with Crippen molar-refractivity contribution in [1.29, 1.82) is 5.26 Å². The summed E-state index contributed by atoms with van der Waals surface area (Å²) in [5.41, 5.74) is 1.31. The molecule has 0 amide bonds. The molecule has 13 heteroatoms. The molecule has 0 fully saturated rings. The first-order valence-corrected chi connectivity index (χ1v) is 17.1. The van der Waals surface area contributed by atoms with Crippen LogP contribution >= 0.6 is 0 Å². The van der Waals surface area contributed by atoms with Crippen molar-refractivity contribution in [2.75, 3.05) is 0 Å². The van der Waals surface area contributed by atoms with Crippen LogP contribution in [0.3, 0.4) is 0 Å². The molecule has 0 saturated heterocycles. The van der Waals surface area contributed by atoms with Crippen molar-refractivity contribution in [2.24, 2.45) is 0 Å². The lowest BCUT2D eigenvalue weighted by molar-refractivity contribution is 0.362. The van der Waals surface area contributed by atoms with Crippen LogP contribution in [0.4, 0.5) is 35.1 Å². The molecular weight excluding hydrogens is 770 g/mol. The minimum absolute atomic E-state index is 0.0541. The number of hydrogen-bond donors (Lipinski definition) is 0. The molecule has 5 nitrogen and oxygen atoms in total. The third-order valence-corrected chi connectivity index (χ3v) is 8.96. The zero-order chi connectivity index (χ0) is 41.2. The fraction of sp³-hybridized carbons (Fsp3) is 0.0444. The fourth-order valence-electron chi connectivity index (χ4n) is 5.76. The average molecular weight is 796 g/mol. The highest BCUT2D eigenvalue weighted by Gasteiger charge is 2.26. The molecule has 0 saturated carbocycles. The Morgan fingerprint density at radius 1 is 0.362 bits per heavy atom. The Kier molecular flexibility index (Phi) is 10.8. The maximum Gasteiger partial charge on any atom is 0.204 e. The SMILES string of the molecule is Cc1c(F)c(F)c(Oc2ccc(-c3ccc(Oc4cccc(Oc5ccc(-c6ccc(Oc7c(F)c(F)c(C)c(F)c7F)cc6)cc5)c4C#N)cc3)cc2)c(F)c1F. The molecule has 7 aromatic rings. The van der Waals surface area contributed by atoms with Crippen LogP contribution in [0.15, 0.2) is 115 Å². The largest absolute Gasteiger partial charge is 0.456 e. The van der Waals surface area contributed by atoms with Crippen molar-refractivity contribution in [3.63, 3.8) is 0 Å². The van der Waals surface area contributed by atoms with Gasteiger partial charge in [-0.05, 0) is 96.8 Å². The minimum Gasteiger partial charge on any atom is -0.456 e. The molecule has 0 aliphatic carbocycles. The number of ether oxygens (including phenoxy) is 4. The van der Waals surface area contributed by atoms with E-state index in [0.29, 0.717) is 22.6 Å². The molecule has 0 aliphatic rings. The molecule has 7 rings (SSSR count). The van der Waals surface area contributed by atoms with E-state index in [0.717, 1.165) is 25.0 Å². The summed E-state index contributed by atoms with van der Waals surface area (Å²) in [6, 6.07) is 32.4. The molecule has 7 aromatic carbocycles. The average Bonchev–Trinajstić information content (AvgIpc) is 3.25. The van der Waals surface area contributed by atoms with Gasteiger partial charge in [0.25, 0.3) is 0 Å². The number of hydrogen-bond acceptors (Lipinski definition) is 5. The first kappa shape index (κ1) is 38.9. The molecule has 0 bridgehead atoms.